The molecule has 6 heteroatoms. The van der Waals surface area contributed by atoms with Crippen LogP contribution in [0.4, 0.5) is 5.82 Å². The van der Waals surface area contributed by atoms with E-state index in [0.29, 0.717) is 42.5 Å². The summed E-state index contributed by atoms with van der Waals surface area (Å²) in [6.07, 6.45) is 4.41. The van der Waals surface area contributed by atoms with Crippen LogP contribution in [0.1, 0.15) is 51.6 Å². The van der Waals surface area contributed by atoms with Crippen LogP contribution in [0.5, 0.6) is 0 Å². The highest BCUT2D eigenvalue weighted by Crippen LogP contribution is 2.45. The number of carbonyl (C=O) groups excluding carboxylic acids is 1. The molecule has 0 radical (unpaired) electrons. The molecule has 1 saturated carbocycles. The van der Waals surface area contributed by atoms with E-state index in [4.69, 9.17) is 5.73 Å². The van der Waals surface area contributed by atoms with Crippen LogP contribution in [0.2, 0.25) is 0 Å². The zero-order valence-corrected chi connectivity index (χ0v) is 13.2. The number of aromatic nitrogens is 2. The quantitative estimate of drug-likeness (QED) is 0.913. The molecule has 0 unspecified atom stereocenters. The van der Waals surface area contributed by atoms with Crippen molar-refractivity contribution in [1.82, 2.24) is 14.9 Å². The van der Waals surface area contributed by atoms with Crippen molar-refractivity contribution >= 4 is 11.7 Å². The summed E-state index contributed by atoms with van der Waals surface area (Å²) >= 11 is 0. The van der Waals surface area contributed by atoms with Gasteiger partial charge in [-0.3, -0.25) is 9.78 Å². The van der Waals surface area contributed by atoms with E-state index in [2.05, 4.69) is 16.0 Å². The van der Waals surface area contributed by atoms with Crippen LogP contribution in [0.25, 0.3) is 0 Å². The summed E-state index contributed by atoms with van der Waals surface area (Å²) in [5.41, 5.74) is 9.87. The molecule has 2 aliphatic rings. The first-order chi connectivity index (χ1) is 11.7. The molecule has 0 aromatic carbocycles. The Labute approximate surface area is 139 Å². The highest BCUT2D eigenvalue weighted by atomic mass is 16.2. The Morgan fingerprint density at radius 2 is 2.21 bits per heavy atom. The van der Waals surface area contributed by atoms with Gasteiger partial charge < -0.3 is 10.6 Å². The molecule has 0 saturated heterocycles. The van der Waals surface area contributed by atoms with E-state index >= 15 is 0 Å². The molecule has 6 nitrogen and oxygen atoms in total. The van der Waals surface area contributed by atoms with Gasteiger partial charge in [0.15, 0.2) is 0 Å². The number of hydrogen-bond acceptors (Lipinski definition) is 5. The lowest BCUT2D eigenvalue weighted by Crippen LogP contribution is -2.37. The van der Waals surface area contributed by atoms with Gasteiger partial charge in [0.2, 0.25) is 0 Å². The van der Waals surface area contributed by atoms with Crippen molar-refractivity contribution in [2.24, 2.45) is 0 Å². The second kappa shape index (κ2) is 5.60. The largest absolute Gasteiger partial charge is 0.383 e. The van der Waals surface area contributed by atoms with E-state index in [9.17, 15) is 10.1 Å². The lowest BCUT2D eigenvalue weighted by atomic mass is 9.93. The summed E-state index contributed by atoms with van der Waals surface area (Å²) < 4.78 is 0. The third kappa shape index (κ3) is 2.38. The number of amides is 1. The Balaban J connectivity index is 1.72. The average molecular weight is 319 g/mol. The van der Waals surface area contributed by atoms with Gasteiger partial charge in [0.05, 0.1) is 5.56 Å². The molecular weight excluding hydrogens is 302 g/mol. The third-order valence-corrected chi connectivity index (χ3v) is 4.69. The second-order valence-electron chi connectivity index (χ2n) is 6.29. The summed E-state index contributed by atoms with van der Waals surface area (Å²) in [4.78, 5) is 23.0. The van der Waals surface area contributed by atoms with Crippen LogP contribution in [0.15, 0.2) is 24.4 Å². The van der Waals surface area contributed by atoms with Crippen LogP contribution in [-0.4, -0.2) is 27.3 Å². The fraction of sp³-hybridized carbons (Fsp3) is 0.333. The summed E-state index contributed by atoms with van der Waals surface area (Å²) in [5.74, 6) is 0.615. The fourth-order valence-electron chi connectivity index (χ4n) is 3.37. The maximum Gasteiger partial charge on any atom is 0.272 e. The number of nitriles is 1. The molecule has 1 fully saturated rings. The Kier molecular flexibility index (Phi) is 3.42. The van der Waals surface area contributed by atoms with E-state index in [1.165, 1.54) is 0 Å². The number of carbonyl (C=O) groups is 1. The van der Waals surface area contributed by atoms with E-state index in [-0.39, 0.29) is 5.91 Å². The van der Waals surface area contributed by atoms with Gasteiger partial charge in [0.1, 0.15) is 17.6 Å². The minimum absolute atomic E-state index is 0.0849. The second-order valence-corrected chi connectivity index (χ2v) is 6.29. The van der Waals surface area contributed by atoms with Gasteiger partial charge in [-0.05, 0) is 42.0 Å². The third-order valence-electron chi connectivity index (χ3n) is 4.69. The smallest absolute Gasteiger partial charge is 0.272 e. The number of anilines is 1. The SMILES string of the molecule is N#Cc1c(N)nc2c(c1C1CC1)CN(C(=O)c1ccccn1)CC2. The highest BCUT2D eigenvalue weighted by molar-refractivity contribution is 5.92. The molecule has 1 aliphatic carbocycles. The molecule has 1 aliphatic heterocycles. The topological polar surface area (TPSA) is 95.9 Å². The predicted octanol–water partition coefficient (Wildman–Crippen LogP) is 2.01. The number of nitrogen functional groups attached to an aromatic ring is 1. The van der Waals surface area contributed by atoms with Gasteiger partial charge in [0, 0.05) is 31.4 Å². The molecular formula is C18H17N5O. The van der Waals surface area contributed by atoms with Crippen LogP contribution in [0.3, 0.4) is 0 Å². The summed E-state index contributed by atoms with van der Waals surface area (Å²) in [6.45, 7) is 1.06. The zero-order chi connectivity index (χ0) is 16.7. The lowest BCUT2D eigenvalue weighted by Gasteiger charge is -2.30. The number of pyridine rings is 2. The van der Waals surface area contributed by atoms with Crippen LogP contribution in [-0.2, 0) is 13.0 Å². The van der Waals surface area contributed by atoms with Crippen molar-refractivity contribution < 1.29 is 4.79 Å². The van der Waals surface area contributed by atoms with Crippen LogP contribution < -0.4 is 5.73 Å². The summed E-state index contributed by atoms with van der Waals surface area (Å²) in [7, 11) is 0. The normalized spacial score (nSPS) is 16.4. The molecule has 120 valence electrons. The Morgan fingerprint density at radius 3 is 2.88 bits per heavy atom. The van der Waals surface area contributed by atoms with Crippen molar-refractivity contribution in [3.63, 3.8) is 0 Å². The molecule has 24 heavy (non-hydrogen) atoms. The first kappa shape index (κ1) is 14.6. The molecule has 3 heterocycles. The Morgan fingerprint density at radius 1 is 1.38 bits per heavy atom. The molecule has 2 aromatic rings. The van der Waals surface area contributed by atoms with E-state index in [1.807, 2.05) is 6.07 Å². The number of fused-ring (bicyclic) bond motifs is 1. The van der Waals surface area contributed by atoms with Crippen molar-refractivity contribution in [2.75, 3.05) is 12.3 Å². The number of hydrogen-bond donors (Lipinski definition) is 1. The van der Waals surface area contributed by atoms with E-state index in [1.54, 1.807) is 23.2 Å². The number of nitrogens with zero attached hydrogens (tertiary/aromatic N) is 4. The highest BCUT2D eigenvalue weighted by Gasteiger charge is 2.34. The number of rotatable bonds is 2. The summed E-state index contributed by atoms with van der Waals surface area (Å²) in [5, 5.41) is 9.47. The molecule has 2 aromatic heterocycles. The van der Waals surface area contributed by atoms with E-state index in [0.717, 1.165) is 29.7 Å². The van der Waals surface area contributed by atoms with Crippen molar-refractivity contribution in [3.8, 4) is 6.07 Å². The van der Waals surface area contributed by atoms with Gasteiger partial charge in [-0.25, -0.2) is 4.98 Å². The minimum Gasteiger partial charge on any atom is -0.383 e. The molecule has 0 spiro atoms. The Hall–Kier alpha value is -2.94. The predicted molar refractivity (Wildman–Crippen MR) is 88.0 cm³/mol. The van der Waals surface area contributed by atoms with Crippen molar-refractivity contribution in [2.45, 2.75) is 31.7 Å². The molecule has 4 rings (SSSR count). The summed E-state index contributed by atoms with van der Waals surface area (Å²) in [6, 6.07) is 7.53. The molecule has 1 amide bonds. The van der Waals surface area contributed by atoms with Crippen LogP contribution in [0, 0.1) is 11.3 Å². The molecule has 0 bridgehead atoms. The van der Waals surface area contributed by atoms with Gasteiger partial charge in [0.25, 0.3) is 5.91 Å². The van der Waals surface area contributed by atoms with Crippen LogP contribution >= 0.6 is 0 Å². The number of nitrogens with two attached hydrogens (primary N) is 1. The molecule has 0 atom stereocenters. The minimum atomic E-state index is -0.0849. The first-order valence-corrected chi connectivity index (χ1v) is 8.10. The van der Waals surface area contributed by atoms with Crippen molar-refractivity contribution in [3.05, 3.63) is 52.5 Å². The Bertz CT molecular complexity index is 852. The average Bonchev–Trinajstić information content (AvgIpc) is 3.45. The zero-order valence-electron chi connectivity index (χ0n) is 13.2. The maximum atomic E-state index is 12.7. The fourth-order valence-corrected chi connectivity index (χ4v) is 3.37. The van der Waals surface area contributed by atoms with Gasteiger partial charge in [-0.15, -0.1) is 0 Å². The van der Waals surface area contributed by atoms with Gasteiger partial charge in [-0.2, -0.15) is 5.26 Å². The van der Waals surface area contributed by atoms with Gasteiger partial charge in [-0.1, -0.05) is 6.07 Å². The molecule has 2 N–H and O–H groups in total. The van der Waals surface area contributed by atoms with Gasteiger partial charge >= 0.3 is 0 Å². The van der Waals surface area contributed by atoms with E-state index < -0.39 is 0 Å². The standard InChI is InChI=1S/C18H17N5O/c19-9-12-16(11-4-5-11)13-10-23(8-6-14(13)22-17(12)20)18(24)15-3-1-2-7-21-15/h1-3,7,11H,4-6,8,10H2,(H2,20,22). The monoisotopic (exact) mass is 319 g/mol. The maximum absolute atomic E-state index is 12.7. The lowest BCUT2D eigenvalue weighted by molar-refractivity contribution is 0.0727. The first-order valence-electron chi connectivity index (χ1n) is 8.10. The van der Waals surface area contributed by atoms with Crippen molar-refractivity contribution in [1.29, 1.82) is 5.26 Å².